The third-order valence-corrected chi connectivity index (χ3v) is 6.13. The molecule has 3 unspecified atom stereocenters. The Morgan fingerprint density at radius 1 is 1.41 bits per heavy atom. The fourth-order valence-corrected chi connectivity index (χ4v) is 4.39. The molecule has 1 aliphatic heterocycles. The fraction of sp³-hybridized carbons (Fsp3) is 0.500. The lowest BCUT2D eigenvalue weighted by Crippen LogP contribution is -2.61. The van der Waals surface area contributed by atoms with E-state index in [-0.39, 0.29) is 18.0 Å². The maximum absolute atomic E-state index is 12.9. The molecule has 1 fully saturated rings. The zero-order valence-electron chi connectivity index (χ0n) is 15.3. The quantitative estimate of drug-likeness (QED) is 0.591. The molecule has 3 N–H and O–H groups in total. The molecule has 3 atom stereocenters. The van der Waals surface area contributed by atoms with Gasteiger partial charge >= 0.3 is 5.97 Å². The summed E-state index contributed by atoms with van der Waals surface area (Å²) in [7, 11) is -3.95. The second-order valence-corrected chi connectivity index (χ2v) is 8.04. The first kappa shape index (κ1) is 21.2. The monoisotopic (exact) mass is 396 g/mol. The van der Waals surface area contributed by atoms with Gasteiger partial charge < -0.3 is 20.3 Å². The summed E-state index contributed by atoms with van der Waals surface area (Å²) in [4.78, 5) is 11.5. The summed E-state index contributed by atoms with van der Waals surface area (Å²) in [5.41, 5.74) is 0. The number of carbonyl (C=O) groups is 1. The molecule has 1 aromatic carbocycles. The van der Waals surface area contributed by atoms with Gasteiger partial charge in [0.15, 0.2) is 0 Å². The number of hydrogen-bond donors (Lipinski definition) is 3. The Morgan fingerprint density at radius 2 is 2.07 bits per heavy atom. The number of piperazine rings is 1. The molecule has 148 valence electrons. The number of nitrogens with zero attached hydrogens (tertiary/aromatic N) is 1. The third-order valence-electron chi connectivity index (χ3n) is 4.23. The number of nitrogens with one attached hydrogen (secondary N) is 1. The van der Waals surface area contributed by atoms with Crippen LogP contribution in [0.5, 0.6) is 5.75 Å². The lowest BCUT2D eigenvalue weighted by molar-refractivity contribution is -0.143. The molecule has 1 aliphatic rings. The lowest BCUT2D eigenvalue weighted by Gasteiger charge is -2.36. The normalized spacial score (nSPS) is 21.7. The summed E-state index contributed by atoms with van der Waals surface area (Å²) in [6, 6.07) is 4.08. The minimum Gasteiger partial charge on any atom is -0.481 e. The van der Waals surface area contributed by atoms with E-state index < -0.39 is 34.2 Å². The molecule has 0 aromatic heterocycles. The van der Waals surface area contributed by atoms with Crippen molar-refractivity contribution in [3.05, 3.63) is 24.3 Å². The van der Waals surface area contributed by atoms with Crippen molar-refractivity contribution in [3.8, 4) is 17.6 Å². The highest BCUT2D eigenvalue weighted by Gasteiger charge is 2.41. The fourth-order valence-electron chi connectivity index (χ4n) is 2.73. The Bertz CT molecular complexity index is 812. The second kappa shape index (κ2) is 9.19. The summed E-state index contributed by atoms with van der Waals surface area (Å²) < 4.78 is 32.2. The average Bonchev–Trinajstić information content (AvgIpc) is 2.64. The number of aliphatic hydroxyl groups excluding tert-OH is 1. The number of rotatable bonds is 6. The molecular weight excluding hydrogens is 372 g/mol. The van der Waals surface area contributed by atoms with Gasteiger partial charge in [0.2, 0.25) is 10.0 Å². The number of benzene rings is 1. The van der Waals surface area contributed by atoms with E-state index in [9.17, 15) is 23.4 Å². The van der Waals surface area contributed by atoms with E-state index in [2.05, 4.69) is 17.2 Å². The van der Waals surface area contributed by atoms with Crippen LogP contribution in [0, 0.1) is 11.8 Å². The van der Waals surface area contributed by atoms with Crippen LogP contribution < -0.4 is 10.1 Å². The van der Waals surface area contributed by atoms with E-state index in [0.29, 0.717) is 18.7 Å². The van der Waals surface area contributed by atoms with E-state index in [4.69, 9.17) is 4.74 Å². The number of carboxylic acids is 1. The van der Waals surface area contributed by atoms with Crippen LogP contribution in [0.3, 0.4) is 0 Å². The average molecular weight is 396 g/mol. The van der Waals surface area contributed by atoms with Crippen molar-refractivity contribution in [1.82, 2.24) is 9.62 Å². The Labute approximate surface area is 159 Å². The highest BCUT2D eigenvalue weighted by molar-refractivity contribution is 7.89. The van der Waals surface area contributed by atoms with Gasteiger partial charge in [0, 0.05) is 19.1 Å². The Morgan fingerprint density at radius 3 is 2.67 bits per heavy atom. The topological polar surface area (TPSA) is 116 Å². The maximum Gasteiger partial charge on any atom is 0.323 e. The van der Waals surface area contributed by atoms with Crippen molar-refractivity contribution in [3.63, 3.8) is 0 Å². The molecule has 1 saturated heterocycles. The van der Waals surface area contributed by atoms with Crippen molar-refractivity contribution < 1.29 is 28.2 Å². The zero-order chi connectivity index (χ0) is 20.0. The number of sulfonamides is 1. The third kappa shape index (κ3) is 5.20. The van der Waals surface area contributed by atoms with E-state index in [1.165, 1.54) is 24.3 Å². The molecule has 0 saturated carbocycles. The Hall–Kier alpha value is -2.12. The van der Waals surface area contributed by atoms with Crippen LogP contribution in [0.2, 0.25) is 0 Å². The molecule has 0 aliphatic carbocycles. The molecule has 0 bridgehead atoms. The van der Waals surface area contributed by atoms with Crippen LogP contribution in [0.4, 0.5) is 0 Å². The SMILES string of the molecule is CCC(O)C#CCOc1ccc(S(=O)(=O)N2CCNC(C)C2C(=O)O)cc1. The molecule has 2 rings (SSSR count). The first-order chi connectivity index (χ1) is 12.8. The predicted octanol–water partition coefficient (Wildman–Crippen LogP) is 0.275. The molecule has 9 heteroatoms. The van der Waals surface area contributed by atoms with Crippen molar-refractivity contribution >= 4 is 16.0 Å². The molecule has 0 radical (unpaired) electrons. The molecule has 27 heavy (non-hydrogen) atoms. The van der Waals surface area contributed by atoms with Gasteiger partial charge in [-0.25, -0.2) is 8.42 Å². The number of aliphatic carboxylic acids is 1. The summed E-state index contributed by atoms with van der Waals surface area (Å²) in [5, 5.41) is 21.7. The molecule has 1 heterocycles. The lowest BCUT2D eigenvalue weighted by atomic mass is 10.1. The van der Waals surface area contributed by atoms with Crippen molar-refractivity contribution in [2.75, 3.05) is 19.7 Å². The number of ether oxygens (including phenoxy) is 1. The first-order valence-electron chi connectivity index (χ1n) is 8.64. The molecule has 0 amide bonds. The molecule has 0 spiro atoms. The van der Waals surface area contributed by atoms with E-state index in [0.717, 1.165) is 4.31 Å². The number of hydrogen-bond acceptors (Lipinski definition) is 6. The summed E-state index contributed by atoms with van der Waals surface area (Å²) in [6.07, 6.45) is -0.161. The molecule has 1 aromatic rings. The highest BCUT2D eigenvalue weighted by Crippen LogP contribution is 2.24. The number of carboxylic acid groups (broad SMARTS) is 1. The van der Waals surface area contributed by atoms with Crippen molar-refractivity contribution in [2.24, 2.45) is 0 Å². The standard InChI is InChI=1S/C18H24N2O6S/c1-3-14(21)5-4-12-26-15-6-8-16(9-7-15)27(24,25)20-11-10-19-13(2)17(20)18(22)23/h6-9,13-14,17,19,21H,3,10-12H2,1-2H3,(H,22,23). The summed E-state index contributed by atoms with van der Waals surface area (Å²) in [5.74, 6) is 4.54. The summed E-state index contributed by atoms with van der Waals surface area (Å²) >= 11 is 0. The van der Waals surface area contributed by atoms with Crippen LogP contribution in [-0.2, 0) is 14.8 Å². The highest BCUT2D eigenvalue weighted by atomic mass is 32.2. The van der Waals surface area contributed by atoms with E-state index in [1.54, 1.807) is 6.92 Å². The van der Waals surface area contributed by atoms with Gasteiger partial charge in [-0.3, -0.25) is 4.79 Å². The van der Waals surface area contributed by atoms with Crippen LogP contribution in [-0.4, -0.2) is 66.8 Å². The van der Waals surface area contributed by atoms with Gasteiger partial charge in [0.1, 0.15) is 24.5 Å². The minimum atomic E-state index is -3.95. The first-order valence-corrected chi connectivity index (χ1v) is 10.1. The predicted molar refractivity (Wildman–Crippen MR) is 98.8 cm³/mol. The zero-order valence-corrected chi connectivity index (χ0v) is 16.1. The smallest absolute Gasteiger partial charge is 0.323 e. The molecule has 8 nitrogen and oxygen atoms in total. The second-order valence-electron chi connectivity index (χ2n) is 6.15. The van der Waals surface area contributed by atoms with Crippen LogP contribution >= 0.6 is 0 Å². The van der Waals surface area contributed by atoms with Crippen LogP contribution in [0.25, 0.3) is 0 Å². The Balaban J connectivity index is 2.12. The maximum atomic E-state index is 12.9. The van der Waals surface area contributed by atoms with Gasteiger partial charge in [0.25, 0.3) is 0 Å². The largest absolute Gasteiger partial charge is 0.481 e. The molecular formula is C18H24N2O6S. The van der Waals surface area contributed by atoms with Gasteiger partial charge in [-0.05, 0) is 37.6 Å². The van der Waals surface area contributed by atoms with Crippen molar-refractivity contribution in [1.29, 1.82) is 0 Å². The minimum absolute atomic E-state index is 0.00249. The van der Waals surface area contributed by atoms with Crippen LogP contribution in [0.15, 0.2) is 29.2 Å². The summed E-state index contributed by atoms with van der Waals surface area (Å²) in [6.45, 7) is 3.99. The van der Waals surface area contributed by atoms with Gasteiger partial charge in [-0.2, -0.15) is 4.31 Å². The Kier molecular flexibility index (Phi) is 7.21. The number of aliphatic hydroxyl groups is 1. The van der Waals surface area contributed by atoms with Crippen molar-refractivity contribution in [2.45, 2.75) is 43.4 Å². The van der Waals surface area contributed by atoms with E-state index >= 15 is 0 Å². The van der Waals surface area contributed by atoms with Gasteiger partial charge in [0.05, 0.1) is 4.90 Å². The van der Waals surface area contributed by atoms with Crippen LogP contribution in [0.1, 0.15) is 20.3 Å². The van der Waals surface area contributed by atoms with Gasteiger partial charge in [-0.15, -0.1) is 0 Å². The van der Waals surface area contributed by atoms with Gasteiger partial charge in [-0.1, -0.05) is 18.8 Å². The van der Waals surface area contributed by atoms with E-state index in [1.807, 2.05) is 6.92 Å².